The van der Waals surface area contributed by atoms with Crippen molar-refractivity contribution in [3.05, 3.63) is 95.1 Å². The summed E-state index contributed by atoms with van der Waals surface area (Å²) in [6.45, 7) is 12.5. The molecule has 0 bridgehead atoms. The minimum atomic E-state index is -2.76. The van der Waals surface area contributed by atoms with E-state index in [0.29, 0.717) is 12.8 Å². The molecule has 0 aromatic heterocycles. The van der Waals surface area contributed by atoms with Crippen molar-refractivity contribution in [3.63, 3.8) is 0 Å². The van der Waals surface area contributed by atoms with Gasteiger partial charge in [-0.1, -0.05) is 97.8 Å². The molecule has 230 valence electrons. The van der Waals surface area contributed by atoms with Crippen LogP contribution in [0, 0.1) is 11.8 Å². The van der Waals surface area contributed by atoms with Crippen molar-refractivity contribution in [3.8, 4) is 0 Å². The molecule has 0 radical (unpaired) electrons. The zero-order chi connectivity index (χ0) is 31.2. The number of aliphatic hydroxyl groups is 2. The molecule has 0 heterocycles. The lowest BCUT2D eigenvalue weighted by molar-refractivity contribution is -0.220. The van der Waals surface area contributed by atoms with Gasteiger partial charge in [0.05, 0.1) is 13.2 Å². The highest BCUT2D eigenvalue weighted by molar-refractivity contribution is 5.94. The summed E-state index contributed by atoms with van der Waals surface area (Å²) < 4.78 is 11.2. The van der Waals surface area contributed by atoms with E-state index in [2.05, 4.69) is 53.7 Å². The van der Waals surface area contributed by atoms with Gasteiger partial charge in [-0.15, -0.1) is 0 Å². The van der Waals surface area contributed by atoms with Crippen molar-refractivity contribution in [1.29, 1.82) is 0 Å². The molecule has 2 rings (SSSR count). The maximum atomic E-state index is 13.8. The number of hydrogen-bond donors (Lipinski definition) is 2. The fourth-order valence-electron chi connectivity index (χ4n) is 4.82. The maximum Gasteiger partial charge on any atom is 0.347 e. The lowest BCUT2D eigenvalue weighted by Crippen LogP contribution is -2.60. The summed E-state index contributed by atoms with van der Waals surface area (Å²) in [5, 5.41) is 24.4. The number of esters is 2. The number of benzene rings is 2. The van der Waals surface area contributed by atoms with Gasteiger partial charge in [0, 0.05) is 0 Å². The number of carbonyl (C=O) groups excluding carboxylic acids is 2. The molecule has 2 aromatic carbocycles. The molecule has 0 aliphatic rings. The molecular weight excluding hydrogens is 528 g/mol. The molecule has 42 heavy (non-hydrogen) atoms. The van der Waals surface area contributed by atoms with Gasteiger partial charge in [0.25, 0.3) is 0 Å². The van der Waals surface area contributed by atoms with Crippen LogP contribution in [0.15, 0.2) is 84.0 Å². The number of carbonyl (C=O) groups is 2. The summed E-state index contributed by atoms with van der Waals surface area (Å²) in [6, 6.07) is 15.9. The van der Waals surface area contributed by atoms with Crippen LogP contribution >= 0.6 is 0 Å². The molecular formula is C36H50O6. The van der Waals surface area contributed by atoms with Crippen LogP contribution in [0.25, 0.3) is 0 Å². The molecule has 0 fully saturated rings. The highest BCUT2D eigenvalue weighted by atomic mass is 16.6. The van der Waals surface area contributed by atoms with Crippen molar-refractivity contribution in [1.82, 2.24) is 0 Å². The Morgan fingerprint density at radius 1 is 0.643 bits per heavy atom. The van der Waals surface area contributed by atoms with E-state index in [1.165, 1.54) is 35.4 Å². The Balaban J connectivity index is 2.33. The standard InChI is InChI=1S/C36H50O6/c1-27(2)15-13-17-29(5)23-25-41-33(37)35(39,31-19-9-7-10-20-31)36(40,32-21-11-8-12-22-32)34(38)42-26-24-30(6)18-14-16-28(3)4/h7-12,15-16,19-22,29-30,39-40H,13-14,17-18,23-26H2,1-6H3. The SMILES string of the molecule is CC(C)=CCCC(C)CCOC(=O)C(O)(c1ccccc1)C(O)(C(=O)OCCC(C)CCC=C(C)C)c1ccccc1. The number of rotatable bonds is 17. The van der Waals surface area contributed by atoms with E-state index in [-0.39, 0.29) is 36.2 Å². The minimum Gasteiger partial charge on any atom is -0.463 e. The number of allylic oxidation sites excluding steroid dienone is 4. The number of ether oxygens (including phenoxy) is 2. The predicted molar refractivity (Wildman–Crippen MR) is 167 cm³/mol. The Bertz CT molecular complexity index is 1070. The van der Waals surface area contributed by atoms with Crippen molar-refractivity contribution in [2.45, 2.75) is 91.3 Å². The minimum absolute atomic E-state index is 0.0324. The topological polar surface area (TPSA) is 93.1 Å². The van der Waals surface area contributed by atoms with E-state index in [1.807, 2.05) is 0 Å². The molecule has 0 spiro atoms. The third-order valence-corrected chi connectivity index (χ3v) is 7.61. The molecule has 0 aliphatic heterocycles. The number of hydrogen-bond acceptors (Lipinski definition) is 6. The highest BCUT2D eigenvalue weighted by Gasteiger charge is 2.64. The van der Waals surface area contributed by atoms with Gasteiger partial charge in [-0.3, -0.25) is 0 Å². The largest absolute Gasteiger partial charge is 0.463 e. The molecule has 2 aromatic rings. The second-order valence-corrected chi connectivity index (χ2v) is 11.9. The van der Waals surface area contributed by atoms with E-state index < -0.39 is 23.1 Å². The molecule has 0 saturated heterocycles. The second kappa shape index (κ2) is 17.0. The van der Waals surface area contributed by atoms with Crippen molar-refractivity contribution in [2.75, 3.05) is 13.2 Å². The van der Waals surface area contributed by atoms with Gasteiger partial charge in [0.15, 0.2) is 0 Å². The van der Waals surface area contributed by atoms with Gasteiger partial charge in [-0.2, -0.15) is 0 Å². The molecule has 0 amide bonds. The fraction of sp³-hybridized carbons (Fsp3) is 0.500. The third-order valence-electron chi connectivity index (χ3n) is 7.61. The van der Waals surface area contributed by atoms with E-state index in [0.717, 1.165) is 25.7 Å². The van der Waals surface area contributed by atoms with Crippen LogP contribution in [-0.2, 0) is 30.3 Å². The average molecular weight is 579 g/mol. The maximum absolute atomic E-state index is 13.8. The molecule has 4 atom stereocenters. The first-order chi connectivity index (χ1) is 19.9. The van der Waals surface area contributed by atoms with Crippen LogP contribution < -0.4 is 0 Å². The van der Waals surface area contributed by atoms with Gasteiger partial charge in [-0.25, -0.2) is 9.59 Å². The van der Waals surface area contributed by atoms with E-state index in [4.69, 9.17) is 9.47 Å². The first kappa shape index (κ1) is 35.0. The van der Waals surface area contributed by atoms with Crippen LogP contribution in [-0.4, -0.2) is 35.4 Å². The van der Waals surface area contributed by atoms with Crippen molar-refractivity contribution in [2.24, 2.45) is 11.8 Å². The predicted octanol–water partition coefficient (Wildman–Crippen LogP) is 7.39. The monoisotopic (exact) mass is 578 g/mol. The fourth-order valence-corrected chi connectivity index (χ4v) is 4.82. The molecule has 6 nitrogen and oxygen atoms in total. The first-order valence-electron chi connectivity index (χ1n) is 15.1. The van der Waals surface area contributed by atoms with Crippen LogP contribution in [0.4, 0.5) is 0 Å². The Morgan fingerprint density at radius 3 is 1.29 bits per heavy atom. The Kier molecular flexibility index (Phi) is 14.2. The van der Waals surface area contributed by atoms with Gasteiger partial charge < -0.3 is 19.7 Å². The lowest BCUT2D eigenvalue weighted by atomic mass is 9.73. The smallest absolute Gasteiger partial charge is 0.347 e. The zero-order valence-electron chi connectivity index (χ0n) is 26.3. The average Bonchev–Trinajstić information content (AvgIpc) is 2.96. The molecule has 0 aliphatic carbocycles. The van der Waals surface area contributed by atoms with Crippen molar-refractivity contribution >= 4 is 11.9 Å². The Hall–Kier alpha value is -3.22. The molecule has 4 unspecified atom stereocenters. The summed E-state index contributed by atoms with van der Waals surface area (Å²) in [5.74, 6) is -1.67. The van der Waals surface area contributed by atoms with Gasteiger partial charge in [0.1, 0.15) is 0 Å². The van der Waals surface area contributed by atoms with Gasteiger partial charge in [0.2, 0.25) is 11.2 Å². The lowest BCUT2D eigenvalue weighted by Gasteiger charge is -2.40. The first-order valence-corrected chi connectivity index (χ1v) is 15.1. The molecule has 2 N–H and O–H groups in total. The van der Waals surface area contributed by atoms with Gasteiger partial charge >= 0.3 is 11.9 Å². The van der Waals surface area contributed by atoms with Crippen LogP contribution in [0.5, 0.6) is 0 Å². The quantitative estimate of drug-likeness (QED) is 0.150. The van der Waals surface area contributed by atoms with E-state index >= 15 is 0 Å². The molecule has 6 heteroatoms. The normalized spacial score (nSPS) is 15.3. The highest BCUT2D eigenvalue weighted by Crippen LogP contribution is 2.43. The van der Waals surface area contributed by atoms with Crippen LogP contribution in [0.3, 0.4) is 0 Å². The Labute approximate surface area is 252 Å². The summed E-state index contributed by atoms with van der Waals surface area (Å²) in [7, 11) is 0. The van der Waals surface area contributed by atoms with E-state index in [9.17, 15) is 19.8 Å². The van der Waals surface area contributed by atoms with Crippen LogP contribution in [0.1, 0.15) is 91.2 Å². The summed E-state index contributed by atoms with van der Waals surface area (Å²) in [5.41, 5.74) is -2.94. The molecule has 0 saturated carbocycles. The van der Waals surface area contributed by atoms with E-state index in [1.54, 1.807) is 36.4 Å². The summed E-state index contributed by atoms with van der Waals surface area (Å²) in [4.78, 5) is 27.5. The second-order valence-electron chi connectivity index (χ2n) is 11.9. The summed E-state index contributed by atoms with van der Waals surface area (Å²) >= 11 is 0. The van der Waals surface area contributed by atoms with Gasteiger partial charge in [-0.05, 0) is 89.2 Å². The zero-order valence-corrected chi connectivity index (χ0v) is 26.3. The van der Waals surface area contributed by atoms with Crippen molar-refractivity contribution < 1.29 is 29.3 Å². The van der Waals surface area contributed by atoms with Crippen LogP contribution in [0.2, 0.25) is 0 Å². The third kappa shape index (κ3) is 9.67. The summed E-state index contributed by atoms with van der Waals surface area (Å²) in [6.07, 6.45) is 9.21. The Morgan fingerprint density at radius 2 is 0.976 bits per heavy atom.